The summed E-state index contributed by atoms with van der Waals surface area (Å²) in [4.78, 5) is 13.0. The van der Waals surface area contributed by atoms with Crippen molar-refractivity contribution in [2.45, 2.75) is 25.7 Å². The lowest BCUT2D eigenvalue weighted by Gasteiger charge is -2.39. The number of nitrogens with zero attached hydrogens (tertiary/aromatic N) is 1. The zero-order valence-electron chi connectivity index (χ0n) is 15.3. The normalized spacial score (nSPS) is 20.2. The lowest BCUT2D eigenvalue weighted by atomic mass is 10.0. The first-order valence-corrected chi connectivity index (χ1v) is 9.46. The van der Waals surface area contributed by atoms with E-state index in [9.17, 15) is 4.79 Å². The third kappa shape index (κ3) is 5.70. The van der Waals surface area contributed by atoms with Gasteiger partial charge in [0, 0.05) is 30.7 Å². The van der Waals surface area contributed by atoms with E-state index < -0.39 is 5.43 Å². The molecule has 2 atom stereocenters. The number of carbonyl (C=O) groups is 1. The predicted molar refractivity (Wildman–Crippen MR) is 104 cm³/mol. The van der Waals surface area contributed by atoms with E-state index in [4.69, 9.17) is 25.8 Å². The van der Waals surface area contributed by atoms with Gasteiger partial charge in [-0.05, 0) is 30.2 Å². The molecular formula is C21H24ClNO4. The fourth-order valence-corrected chi connectivity index (χ4v) is 3.34. The molecule has 3 rings (SSSR count). The standard InChI is InChI=1S/C21H24ClNO4/c1-16-20(25-13-11-23(16)12-14-26-21(22)24)18-7-9-19(10-8-18)27-15-17-5-3-2-4-6-17/h2-10,16,20H,11-15H2,1H3. The van der Waals surface area contributed by atoms with Crippen molar-refractivity contribution in [2.75, 3.05) is 26.3 Å². The Labute approximate surface area is 164 Å². The van der Waals surface area contributed by atoms with Crippen LogP contribution in [0.3, 0.4) is 0 Å². The quantitative estimate of drug-likeness (QED) is 0.657. The molecule has 2 aromatic carbocycles. The van der Waals surface area contributed by atoms with Crippen LogP contribution in [-0.4, -0.2) is 42.7 Å². The van der Waals surface area contributed by atoms with Crippen LogP contribution in [0.15, 0.2) is 54.6 Å². The van der Waals surface area contributed by atoms with Crippen LogP contribution in [0.2, 0.25) is 0 Å². The Balaban J connectivity index is 1.56. The van der Waals surface area contributed by atoms with E-state index in [2.05, 4.69) is 11.8 Å². The van der Waals surface area contributed by atoms with Gasteiger partial charge >= 0.3 is 5.43 Å². The lowest BCUT2D eigenvalue weighted by Crippen LogP contribution is -2.46. The van der Waals surface area contributed by atoms with Crippen molar-refractivity contribution >= 4 is 17.0 Å². The molecule has 2 unspecified atom stereocenters. The second kappa shape index (κ2) is 9.74. The monoisotopic (exact) mass is 389 g/mol. The average Bonchev–Trinajstić information content (AvgIpc) is 2.69. The molecule has 0 N–H and O–H groups in total. The molecule has 0 aromatic heterocycles. The Hall–Kier alpha value is -2.08. The van der Waals surface area contributed by atoms with E-state index >= 15 is 0 Å². The number of hydrogen-bond acceptors (Lipinski definition) is 5. The first-order valence-electron chi connectivity index (χ1n) is 9.08. The topological polar surface area (TPSA) is 48.0 Å². The zero-order chi connectivity index (χ0) is 19.1. The molecule has 0 saturated carbocycles. The number of hydrogen-bond donors (Lipinski definition) is 0. The summed E-state index contributed by atoms with van der Waals surface area (Å²) in [6, 6.07) is 18.3. The highest BCUT2D eigenvalue weighted by atomic mass is 35.5. The van der Waals surface area contributed by atoms with E-state index in [1.54, 1.807) is 0 Å². The molecule has 144 valence electrons. The summed E-state index contributed by atoms with van der Waals surface area (Å²) in [5, 5.41) is 0. The molecule has 2 aromatic rings. The maximum Gasteiger partial charge on any atom is 0.403 e. The van der Waals surface area contributed by atoms with Crippen LogP contribution in [0.25, 0.3) is 0 Å². The molecule has 5 nitrogen and oxygen atoms in total. The third-order valence-electron chi connectivity index (χ3n) is 4.74. The van der Waals surface area contributed by atoms with E-state index in [1.165, 1.54) is 0 Å². The minimum absolute atomic E-state index is 0.0337. The van der Waals surface area contributed by atoms with Crippen molar-refractivity contribution in [3.63, 3.8) is 0 Å². The molecule has 1 heterocycles. The SMILES string of the molecule is CC1C(c2ccc(OCc3ccccc3)cc2)OCCN1CCOC(=O)Cl. The molecule has 1 fully saturated rings. The van der Waals surface area contributed by atoms with Crippen LogP contribution in [0.4, 0.5) is 4.79 Å². The number of ether oxygens (including phenoxy) is 3. The molecule has 0 amide bonds. The largest absolute Gasteiger partial charge is 0.489 e. The molecule has 27 heavy (non-hydrogen) atoms. The van der Waals surface area contributed by atoms with Gasteiger partial charge in [0.25, 0.3) is 0 Å². The van der Waals surface area contributed by atoms with E-state index in [0.717, 1.165) is 23.4 Å². The van der Waals surface area contributed by atoms with Gasteiger partial charge in [-0.2, -0.15) is 0 Å². The van der Waals surface area contributed by atoms with Crippen LogP contribution in [0.1, 0.15) is 24.2 Å². The number of benzene rings is 2. The summed E-state index contributed by atoms with van der Waals surface area (Å²) in [7, 11) is 0. The van der Waals surface area contributed by atoms with Crippen molar-refractivity contribution < 1.29 is 19.0 Å². The minimum atomic E-state index is -0.765. The van der Waals surface area contributed by atoms with Gasteiger partial charge in [0.2, 0.25) is 0 Å². The molecule has 1 saturated heterocycles. The second-order valence-electron chi connectivity index (χ2n) is 6.50. The molecule has 1 aliphatic rings. The fraction of sp³-hybridized carbons (Fsp3) is 0.381. The van der Waals surface area contributed by atoms with E-state index in [0.29, 0.717) is 19.8 Å². The maximum atomic E-state index is 10.7. The van der Waals surface area contributed by atoms with Crippen molar-refractivity contribution in [2.24, 2.45) is 0 Å². The Morgan fingerprint density at radius 1 is 1.19 bits per heavy atom. The molecule has 6 heteroatoms. The van der Waals surface area contributed by atoms with Crippen LogP contribution < -0.4 is 4.74 Å². The van der Waals surface area contributed by atoms with Crippen molar-refractivity contribution in [1.82, 2.24) is 4.90 Å². The Morgan fingerprint density at radius 2 is 1.93 bits per heavy atom. The summed E-state index contributed by atoms with van der Waals surface area (Å²) >= 11 is 5.22. The fourth-order valence-electron chi connectivity index (χ4n) is 3.26. The van der Waals surface area contributed by atoms with Crippen molar-refractivity contribution in [3.05, 3.63) is 65.7 Å². The van der Waals surface area contributed by atoms with Crippen LogP contribution in [0, 0.1) is 0 Å². The maximum absolute atomic E-state index is 10.7. The molecule has 0 radical (unpaired) electrons. The zero-order valence-corrected chi connectivity index (χ0v) is 16.1. The predicted octanol–water partition coefficient (Wildman–Crippen LogP) is 4.40. The number of carbonyl (C=O) groups excluding carboxylic acids is 1. The van der Waals surface area contributed by atoms with Crippen LogP contribution in [0.5, 0.6) is 5.75 Å². The second-order valence-corrected chi connectivity index (χ2v) is 6.81. The molecule has 0 bridgehead atoms. The summed E-state index contributed by atoms with van der Waals surface area (Å²) in [5.41, 5.74) is 1.48. The highest BCUT2D eigenvalue weighted by Gasteiger charge is 2.29. The smallest absolute Gasteiger partial charge is 0.403 e. The van der Waals surface area contributed by atoms with Crippen molar-refractivity contribution in [1.29, 1.82) is 0 Å². The summed E-state index contributed by atoms with van der Waals surface area (Å²) < 4.78 is 16.7. The summed E-state index contributed by atoms with van der Waals surface area (Å²) in [6.07, 6.45) is -0.0337. The Bertz CT molecular complexity index is 723. The molecule has 0 aliphatic carbocycles. The van der Waals surface area contributed by atoms with E-state index in [1.807, 2.05) is 54.6 Å². The van der Waals surface area contributed by atoms with Crippen LogP contribution in [-0.2, 0) is 16.1 Å². The lowest BCUT2D eigenvalue weighted by molar-refractivity contribution is -0.0703. The summed E-state index contributed by atoms with van der Waals surface area (Å²) in [5.74, 6) is 0.831. The van der Waals surface area contributed by atoms with Gasteiger partial charge < -0.3 is 14.2 Å². The summed E-state index contributed by atoms with van der Waals surface area (Å²) in [6.45, 7) is 5.02. The van der Waals surface area contributed by atoms with Gasteiger partial charge in [0.05, 0.1) is 12.7 Å². The highest BCUT2D eigenvalue weighted by molar-refractivity contribution is 6.61. The number of morpholine rings is 1. The van der Waals surface area contributed by atoms with Gasteiger partial charge in [-0.25, -0.2) is 4.79 Å². The molecular weight excluding hydrogens is 366 g/mol. The molecule has 0 spiro atoms. The highest BCUT2D eigenvalue weighted by Crippen LogP contribution is 2.29. The van der Waals surface area contributed by atoms with E-state index in [-0.39, 0.29) is 18.8 Å². The number of rotatable bonds is 7. The van der Waals surface area contributed by atoms with Gasteiger partial charge in [0.15, 0.2) is 0 Å². The molecule has 1 aliphatic heterocycles. The number of halogens is 1. The van der Waals surface area contributed by atoms with Crippen molar-refractivity contribution in [3.8, 4) is 5.75 Å². The van der Waals surface area contributed by atoms with Crippen LogP contribution >= 0.6 is 11.6 Å². The third-order valence-corrected chi connectivity index (χ3v) is 4.85. The Kier molecular flexibility index (Phi) is 7.10. The van der Waals surface area contributed by atoms with Gasteiger partial charge in [-0.1, -0.05) is 42.5 Å². The van der Waals surface area contributed by atoms with Gasteiger partial charge in [0.1, 0.15) is 19.0 Å². The first kappa shape index (κ1) is 19.7. The first-order chi connectivity index (χ1) is 13.1. The average molecular weight is 390 g/mol. The van der Waals surface area contributed by atoms with Gasteiger partial charge in [-0.15, -0.1) is 0 Å². The Morgan fingerprint density at radius 3 is 2.63 bits per heavy atom. The minimum Gasteiger partial charge on any atom is -0.489 e. The van der Waals surface area contributed by atoms with Gasteiger partial charge in [-0.3, -0.25) is 4.90 Å².